The molecular weight excluding hydrogens is 617 g/mol. The van der Waals surface area contributed by atoms with Crippen LogP contribution in [0.3, 0.4) is 0 Å². The lowest BCUT2D eigenvalue weighted by Gasteiger charge is -2.30. The van der Waals surface area contributed by atoms with Gasteiger partial charge in [-0.25, -0.2) is 18.4 Å². The summed E-state index contributed by atoms with van der Waals surface area (Å²) < 4.78 is 32.4. The van der Waals surface area contributed by atoms with Gasteiger partial charge in [-0.2, -0.15) is 9.36 Å². The molecule has 1 aliphatic rings. The molecule has 4 aromatic heterocycles. The highest BCUT2D eigenvalue weighted by Gasteiger charge is 2.27. The number of nitrogens with zero attached hydrogens (tertiary/aromatic N) is 6. The Labute approximate surface area is 263 Å². The molecule has 0 saturated carbocycles. The fourth-order valence-corrected chi connectivity index (χ4v) is 8.73. The summed E-state index contributed by atoms with van der Waals surface area (Å²) in [5, 5.41) is 8.90. The predicted octanol–water partition coefficient (Wildman–Crippen LogP) is 4.72. The number of pyridine rings is 1. The third-order valence-electron chi connectivity index (χ3n) is 7.60. The Balaban J connectivity index is 1.40. The van der Waals surface area contributed by atoms with E-state index in [1.165, 1.54) is 22.6 Å². The third-order valence-corrected chi connectivity index (χ3v) is 11.9. The molecule has 0 atom stereocenters. The van der Waals surface area contributed by atoms with Crippen LogP contribution in [-0.4, -0.2) is 58.5 Å². The predicted molar refractivity (Wildman–Crippen MR) is 176 cm³/mol. The van der Waals surface area contributed by atoms with Gasteiger partial charge in [0.2, 0.25) is 20.1 Å². The molecule has 0 spiro atoms. The van der Waals surface area contributed by atoms with Crippen molar-refractivity contribution in [2.24, 2.45) is 5.92 Å². The van der Waals surface area contributed by atoms with E-state index < -0.39 is 9.84 Å². The average Bonchev–Trinajstić information content (AvgIpc) is 3.73. The lowest BCUT2D eigenvalue weighted by atomic mass is 9.97. The summed E-state index contributed by atoms with van der Waals surface area (Å²) in [5.41, 5.74) is 4.68. The number of hydrogen-bond donors (Lipinski definition) is 2. The van der Waals surface area contributed by atoms with Gasteiger partial charge in [0.05, 0.1) is 6.54 Å². The molecule has 5 heterocycles. The number of aromatic nitrogens is 5. The van der Waals surface area contributed by atoms with Crippen molar-refractivity contribution >= 4 is 66.6 Å². The Morgan fingerprint density at radius 3 is 2.66 bits per heavy atom. The van der Waals surface area contributed by atoms with Crippen LogP contribution in [-0.2, 0) is 16.4 Å². The molecule has 1 saturated heterocycles. The van der Waals surface area contributed by atoms with Gasteiger partial charge in [0.1, 0.15) is 5.65 Å². The summed E-state index contributed by atoms with van der Waals surface area (Å²) >= 11 is 1.90. The Kier molecular flexibility index (Phi) is 8.33. The van der Waals surface area contributed by atoms with Gasteiger partial charge >= 0.3 is 0 Å². The third kappa shape index (κ3) is 5.77. The molecule has 0 radical (unpaired) electrons. The summed E-state index contributed by atoms with van der Waals surface area (Å²) in [4.78, 5) is 29.7. The van der Waals surface area contributed by atoms with Crippen LogP contribution in [0, 0.1) is 12.8 Å². The minimum absolute atomic E-state index is 0.0192. The maximum absolute atomic E-state index is 14.0. The van der Waals surface area contributed by atoms with E-state index in [2.05, 4.69) is 55.5 Å². The molecule has 0 aliphatic carbocycles. The van der Waals surface area contributed by atoms with Gasteiger partial charge < -0.3 is 15.5 Å². The van der Waals surface area contributed by atoms with Crippen molar-refractivity contribution < 1.29 is 8.42 Å². The van der Waals surface area contributed by atoms with Crippen LogP contribution in [0.1, 0.15) is 30.5 Å². The van der Waals surface area contributed by atoms with Crippen molar-refractivity contribution in [2.75, 3.05) is 36.4 Å². The first-order valence-corrected chi connectivity index (χ1v) is 17.3. The van der Waals surface area contributed by atoms with E-state index in [-0.39, 0.29) is 26.6 Å². The minimum atomic E-state index is -3.90. The molecule has 44 heavy (non-hydrogen) atoms. The number of thiazole rings is 1. The summed E-state index contributed by atoms with van der Waals surface area (Å²) in [5.74, 6) is 0.334. The minimum Gasteiger partial charge on any atom is -0.369 e. The van der Waals surface area contributed by atoms with E-state index in [9.17, 15) is 13.2 Å². The van der Waals surface area contributed by atoms with E-state index in [0.717, 1.165) is 60.3 Å². The molecule has 0 amide bonds. The second-order valence-corrected chi connectivity index (χ2v) is 14.9. The van der Waals surface area contributed by atoms with Gasteiger partial charge in [0.15, 0.2) is 4.21 Å². The number of benzene rings is 1. The summed E-state index contributed by atoms with van der Waals surface area (Å²) in [6.07, 6.45) is 4.60. The first-order chi connectivity index (χ1) is 21.1. The van der Waals surface area contributed by atoms with E-state index >= 15 is 0 Å². The molecule has 6 rings (SSSR count). The molecule has 228 valence electrons. The normalized spacial score (nSPS) is 14.0. The number of rotatable bonds is 9. The maximum atomic E-state index is 14.0. The van der Waals surface area contributed by atoms with Crippen molar-refractivity contribution in [3.05, 3.63) is 81.9 Å². The second-order valence-electron chi connectivity index (χ2n) is 10.9. The number of nitrogens with one attached hydrogen (secondary N) is 2. The van der Waals surface area contributed by atoms with Gasteiger partial charge in [0.25, 0.3) is 5.56 Å². The lowest BCUT2D eigenvalue weighted by Crippen LogP contribution is -2.43. The quantitative estimate of drug-likeness (QED) is 0.231. The number of hydrogen-bond acceptors (Lipinski definition) is 12. The number of aryl methyl sites for hydroxylation is 1. The molecule has 0 bridgehead atoms. The zero-order valence-electron chi connectivity index (χ0n) is 24.6. The van der Waals surface area contributed by atoms with Crippen LogP contribution in [0.4, 0.5) is 17.3 Å². The van der Waals surface area contributed by atoms with Gasteiger partial charge in [0, 0.05) is 78.0 Å². The van der Waals surface area contributed by atoms with Gasteiger partial charge in [-0.3, -0.25) is 9.36 Å². The highest BCUT2D eigenvalue weighted by molar-refractivity contribution is 7.95. The van der Waals surface area contributed by atoms with Crippen LogP contribution >= 0.6 is 22.9 Å². The summed E-state index contributed by atoms with van der Waals surface area (Å²) in [6, 6.07) is 7.90. The smallest absolute Gasteiger partial charge is 0.260 e. The van der Waals surface area contributed by atoms with Crippen molar-refractivity contribution in [1.29, 1.82) is 0 Å². The molecule has 0 unspecified atom stereocenters. The number of anilines is 3. The average molecular weight is 649 g/mol. The molecule has 1 fully saturated rings. The molecular formula is C30H32N8O3S3. The Bertz CT molecular complexity index is 2010. The Morgan fingerprint density at radius 2 is 1.95 bits per heavy atom. The number of piperazine rings is 1. The SMILES string of the molecule is C=C(c1cc2cnc(Nc3ccc(N4CCNCC4)c(C)c3)nc2n(Cc2cnsc2S(=O)(=O)c2nccs2)c1=O)C(C)C. The highest BCUT2D eigenvalue weighted by atomic mass is 32.3. The van der Waals surface area contributed by atoms with Crippen LogP contribution in [0.5, 0.6) is 0 Å². The number of fused-ring (bicyclic) bond motifs is 1. The first-order valence-electron chi connectivity index (χ1n) is 14.1. The van der Waals surface area contributed by atoms with Crippen molar-refractivity contribution in [1.82, 2.24) is 29.2 Å². The highest BCUT2D eigenvalue weighted by Crippen LogP contribution is 2.31. The van der Waals surface area contributed by atoms with Crippen LogP contribution in [0.2, 0.25) is 0 Å². The van der Waals surface area contributed by atoms with Crippen molar-refractivity contribution in [3.8, 4) is 0 Å². The summed E-state index contributed by atoms with van der Waals surface area (Å²) in [7, 11) is -3.90. The van der Waals surface area contributed by atoms with Gasteiger partial charge in [-0.15, -0.1) is 11.3 Å². The topological polar surface area (TPSA) is 135 Å². The van der Waals surface area contributed by atoms with Gasteiger partial charge in [-0.1, -0.05) is 20.4 Å². The molecule has 11 nitrogen and oxygen atoms in total. The summed E-state index contributed by atoms with van der Waals surface area (Å²) in [6.45, 7) is 13.9. The monoisotopic (exact) mass is 648 g/mol. The Hall–Kier alpha value is -3.98. The second kappa shape index (κ2) is 12.2. The van der Waals surface area contributed by atoms with Crippen LogP contribution in [0.25, 0.3) is 16.6 Å². The van der Waals surface area contributed by atoms with Crippen molar-refractivity contribution in [3.63, 3.8) is 0 Å². The zero-order valence-corrected chi connectivity index (χ0v) is 27.0. The molecule has 1 aliphatic heterocycles. The fraction of sp³-hybridized carbons (Fsp3) is 0.300. The fourth-order valence-electron chi connectivity index (χ4n) is 5.20. The van der Waals surface area contributed by atoms with E-state index in [0.29, 0.717) is 33.7 Å². The van der Waals surface area contributed by atoms with E-state index in [1.807, 2.05) is 19.9 Å². The van der Waals surface area contributed by atoms with Crippen LogP contribution in [0.15, 0.2) is 68.2 Å². The Morgan fingerprint density at radius 1 is 1.16 bits per heavy atom. The number of allylic oxidation sites excluding steroid dienone is 1. The van der Waals surface area contributed by atoms with Crippen LogP contribution < -0.4 is 21.1 Å². The standard InChI is InChI=1S/C30H32N8O3S3/c1-18(2)20(4)24-14-21-15-33-29(35-23-5-6-25(19(3)13-23)37-10-7-31-8-11-37)36-26(21)38(27(24)39)17-22-16-34-43-28(22)44(40,41)30-32-9-12-42-30/h5-6,9,12-16,18,31H,4,7-8,10-11,17H2,1-3H3,(H,33,35,36). The van der Waals surface area contributed by atoms with Gasteiger partial charge in [-0.05, 0) is 59.8 Å². The zero-order chi connectivity index (χ0) is 31.0. The molecule has 2 N–H and O–H groups in total. The first kappa shape index (κ1) is 30.1. The molecule has 5 aromatic rings. The van der Waals surface area contributed by atoms with E-state index in [4.69, 9.17) is 4.98 Å². The maximum Gasteiger partial charge on any atom is 0.260 e. The van der Waals surface area contributed by atoms with Crippen molar-refractivity contribution in [2.45, 2.75) is 35.9 Å². The largest absolute Gasteiger partial charge is 0.369 e. The lowest BCUT2D eigenvalue weighted by molar-refractivity contribution is 0.588. The van der Waals surface area contributed by atoms with E-state index in [1.54, 1.807) is 17.6 Å². The molecule has 1 aromatic carbocycles. The molecule has 14 heteroatoms. The number of sulfone groups is 1.